The van der Waals surface area contributed by atoms with Crippen molar-refractivity contribution in [3.05, 3.63) is 64.6 Å². The zero-order valence-electron chi connectivity index (χ0n) is 12.1. The highest BCUT2D eigenvalue weighted by Gasteiger charge is 2.13. The molecule has 1 amide bonds. The van der Waals surface area contributed by atoms with Gasteiger partial charge >= 0.3 is 0 Å². The van der Waals surface area contributed by atoms with Gasteiger partial charge in [0.05, 0.1) is 13.2 Å². The summed E-state index contributed by atoms with van der Waals surface area (Å²) >= 11 is 0. The summed E-state index contributed by atoms with van der Waals surface area (Å²) in [6, 6.07) is 12.1. The van der Waals surface area contributed by atoms with Gasteiger partial charge in [0.15, 0.2) is 0 Å². The van der Waals surface area contributed by atoms with Crippen molar-refractivity contribution >= 4 is 5.91 Å². The third-order valence-electron chi connectivity index (χ3n) is 3.20. The summed E-state index contributed by atoms with van der Waals surface area (Å²) in [6.07, 6.45) is 1.59. The van der Waals surface area contributed by atoms with Gasteiger partial charge in [-0.2, -0.15) is 0 Å². The maximum absolute atomic E-state index is 12.0. The van der Waals surface area contributed by atoms with Crippen LogP contribution >= 0.6 is 0 Å². The van der Waals surface area contributed by atoms with E-state index in [2.05, 4.69) is 5.32 Å². The van der Waals surface area contributed by atoms with Crippen LogP contribution in [-0.2, 0) is 11.3 Å². The molecule has 0 aliphatic heterocycles. The first-order chi connectivity index (χ1) is 10.1. The van der Waals surface area contributed by atoms with E-state index in [1.54, 1.807) is 25.4 Å². The molecule has 2 aromatic rings. The van der Waals surface area contributed by atoms with E-state index in [4.69, 9.17) is 4.74 Å². The Morgan fingerprint density at radius 1 is 1.24 bits per heavy atom. The summed E-state index contributed by atoms with van der Waals surface area (Å²) in [6.45, 7) is 1.88. The predicted molar refractivity (Wildman–Crippen MR) is 80.3 cm³/mol. The number of hydrogen-bond acceptors (Lipinski definition) is 3. The second-order valence-corrected chi connectivity index (χ2v) is 4.70. The number of nitrogens with zero attached hydrogens (tertiary/aromatic N) is 1. The Balaban J connectivity index is 2.06. The highest BCUT2D eigenvalue weighted by Crippen LogP contribution is 2.24. The molecule has 2 rings (SSSR count). The lowest BCUT2D eigenvalue weighted by molar-refractivity contribution is -0.122. The van der Waals surface area contributed by atoms with Crippen LogP contribution in [0.15, 0.2) is 53.5 Å². The maximum atomic E-state index is 12.0. The Kier molecular flexibility index (Phi) is 4.77. The number of hydrogen-bond donors (Lipinski definition) is 1. The number of ether oxygens (including phenoxy) is 1. The van der Waals surface area contributed by atoms with Crippen LogP contribution in [-0.4, -0.2) is 17.6 Å². The van der Waals surface area contributed by atoms with Crippen LogP contribution in [0.1, 0.15) is 18.5 Å². The minimum Gasteiger partial charge on any atom is -0.496 e. The van der Waals surface area contributed by atoms with Gasteiger partial charge in [-0.1, -0.05) is 24.3 Å². The molecule has 0 aliphatic rings. The molecule has 1 heterocycles. The lowest BCUT2D eigenvalue weighted by Crippen LogP contribution is -2.33. The van der Waals surface area contributed by atoms with Gasteiger partial charge in [0.25, 0.3) is 5.56 Å². The fraction of sp³-hybridized carbons (Fsp3) is 0.250. The van der Waals surface area contributed by atoms with Crippen LogP contribution in [0, 0.1) is 0 Å². The minimum atomic E-state index is -0.221. The Bertz CT molecular complexity index is 679. The number of pyridine rings is 1. The van der Waals surface area contributed by atoms with Gasteiger partial charge in [-0.3, -0.25) is 9.59 Å². The number of nitrogens with one attached hydrogen (secondary N) is 1. The van der Waals surface area contributed by atoms with Crippen LogP contribution in [0.2, 0.25) is 0 Å². The van der Waals surface area contributed by atoms with E-state index >= 15 is 0 Å². The van der Waals surface area contributed by atoms with Crippen LogP contribution in [0.3, 0.4) is 0 Å². The number of aromatic nitrogens is 1. The fourth-order valence-corrected chi connectivity index (χ4v) is 2.14. The molecular weight excluding hydrogens is 268 g/mol. The minimum absolute atomic E-state index is 0.000831. The van der Waals surface area contributed by atoms with Gasteiger partial charge in [-0.25, -0.2) is 0 Å². The van der Waals surface area contributed by atoms with Crippen LogP contribution < -0.4 is 15.6 Å². The number of carbonyl (C=O) groups is 1. The molecule has 0 unspecified atom stereocenters. The molecule has 5 nitrogen and oxygen atoms in total. The third kappa shape index (κ3) is 3.72. The van der Waals surface area contributed by atoms with Crippen LogP contribution in [0.4, 0.5) is 0 Å². The Labute approximate surface area is 123 Å². The number of carbonyl (C=O) groups excluding carboxylic acids is 1. The summed E-state index contributed by atoms with van der Waals surface area (Å²) in [4.78, 5) is 23.6. The fourth-order valence-electron chi connectivity index (χ4n) is 2.14. The zero-order valence-corrected chi connectivity index (χ0v) is 12.1. The van der Waals surface area contributed by atoms with Gasteiger partial charge in [0.1, 0.15) is 12.3 Å². The van der Waals surface area contributed by atoms with Gasteiger partial charge in [0, 0.05) is 17.8 Å². The summed E-state index contributed by atoms with van der Waals surface area (Å²) in [5.74, 6) is 0.504. The molecular formula is C16H18N2O3. The normalized spacial score (nSPS) is 11.7. The molecule has 0 radical (unpaired) electrons. The zero-order chi connectivity index (χ0) is 15.2. The van der Waals surface area contributed by atoms with Gasteiger partial charge in [-0.05, 0) is 19.1 Å². The van der Waals surface area contributed by atoms with Gasteiger partial charge in [0.2, 0.25) is 5.91 Å². The average molecular weight is 286 g/mol. The molecule has 0 spiro atoms. The second-order valence-electron chi connectivity index (χ2n) is 4.70. The maximum Gasteiger partial charge on any atom is 0.250 e. The van der Waals surface area contributed by atoms with E-state index < -0.39 is 0 Å². The lowest BCUT2D eigenvalue weighted by atomic mass is 10.1. The van der Waals surface area contributed by atoms with Crippen LogP contribution in [0.5, 0.6) is 5.75 Å². The van der Waals surface area contributed by atoms with Crippen LogP contribution in [0.25, 0.3) is 0 Å². The SMILES string of the molecule is COc1ccccc1[C@H](C)NC(=O)Cn1ccccc1=O. The molecule has 5 heteroatoms. The van der Waals surface area contributed by atoms with Crippen molar-refractivity contribution in [2.75, 3.05) is 7.11 Å². The van der Waals surface area contributed by atoms with E-state index in [9.17, 15) is 9.59 Å². The summed E-state index contributed by atoms with van der Waals surface area (Å²) < 4.78 is 6.64. The van der Waals surface area contributed by atoms with Crippen molar-refractivity contribution in [3.63, 3.8) is 0 Å². The van der Waals surface area contributed by atoms with Crippen molar-refractivity contribution in [2.24, 2.45) is 0 Å². The Hall–Kier alpha value is -2.56. The highest BCUT2D eigenvalue weighted by atomic mass is 16.5. The molecule has 110 valence electrons. The number of amides is 1. The molecule has 1 N–H and O–H groups in total. The van der Waals surface area contributed by atoms with Gasteiger partial charge in [-0.15, -0.1) is 0 Å². The quantitative estimate of drug-likeness (QED) is 0.910. The smallest absolute Gasteiger partial charge is 0.250 e. The van der Waals surface area contributed by atoms with E-state index in [1.807, 2.05) is 31.2 Å². The number of rotatable bonds is 5. The second kappa shape index (κ2) is 6.74. The predicted octanol–water partition coefficient (Wildman–Crippen LogP) is 1.73. The number of para-hydroxylation sites is 1. The monoisotopic (exact) mass is 286 g/mol. The summed E-state index contributed by atoms with van der Waals surface area (Å²) in [5, 5.41) is 2.87. The Morgan fingerprint density at radius 3 is 2.67 bits per heavy atom. The molecule has 0 aliphatic carbocycles. The summed E-state index contributed by atoms with van der Waals surface area (Å²) in [7, 11) is 1.59. The molecule has 1 aromatic carbocycles. The molecule has 1 aromatic heterocycles. The molecule has 21 heavy (non-hydrogen) atoms. The van der Waals surface area contributed by atoms with E-state index in [-0.39, 0.29) is 24.1 Å². The van der Waals surface area contributed by atoms with Crippen molar-refractivity contribution in [3.8, 4) is 5.75 Å². The first-order valence-corrected chi connectivity index (χ1v) is 6.69. The Morgan fingerprint density at radius 2 is 1.95 bits per heavy atom. The van der Waals surface area contributed by atoms with E-state index in [0.29, 0.717) is 0 Å². The molecule has 1 atom stereocenters. The lowest BCUT2D eigenvalue weighted by Gasteiger charge is -2.17. The largest absolute Gasteiger partial charge is 0.496 e. The number of benzene rings is 1. The van der Waals surface area contributed by atoms with Crippen molar-refractivity contribution in [1.82, 2.24) is 9.88 Å². The topological polar surface area (TPSA) is 60.3 Å². The molecule has 0 saturated carbocycles. The molecule has 0 bridgehead atoms. The molecule has 0 saturated heterocycles. The number of methoxy groups -OCH3 is 1. The van der Waals surface area contributed by atoms with Crippen molar-refractivity contribution in [1.29, 1.82) is 0 Å². The van der Waals surface area contributed by atoms with Gasteiger partial charge < -0.3 is 14.6 Å². The van der Waals surface area contributed by atoms with E-state index in [1.165, 1.54) is 10.6 Å². The standard InChI is InChI=1S/C16H18N2O3/c1-12(13-7-3-4-8-14(13)21-2)17-15(19)11-18-10-6-5-9-16(18)20/h3-10,12H,11H2,1-2H3,(H,17,19)/t12-/m0/s1. The highest BCUT2D eigenvalue weighted by molar-refractivity contribution is 5.76. The first-order valence-electron chi connectivity index (χ1n) is 6.69. The third-order valence-corrected chi connectivity index (χ3v) is 3.20. The first kappa shape index (κ1) is 14.8. The van der Waals surface area contributed by atoms with Crippen molar-refractivity contribution < 1.29 is 9.53 Å². The van der Waals surface area contributed by atoms with E-state index in [0.717, 1.165) is 11.3 Å². The average Bonchev–Trinajstić information content (AvgIpc) is 2.49. The van der Waals surface area contributed by atoms with Crippen molar-refractivity contribution in [2.45, 2.75) is 19.5 Å². The summed E-state index contributed by atoms with van der Waals surface area (Å²) in [5.41, 5.74) is 0.700. The molecule has 0 fully saturated rings.